The second-order valence-corrected chi connectivity index (χ2v) is 11.7. The Kier molecular flexibility index (Phi) is 8.91. The number of rotatable bonds is 10. The van der Waals surface area contributed by atoms with Crippen molar-refractivity contribution in [3.63, 3.8) is 0 Å². The van der Waals surface area contributed by atoms with E-state index in [-0.39, 0.29) is 11.4 Å². The second kappa shape index (κ2) is 12.1. The number of halogens is 2. The van der Waals surface area contributed by atoms with Crippen LogP contribution in [-0.4, -0.2) is 44.3 Å². The average molecular weight is 592 g/mol. The smallest absolute Gasteiger partial charge is 0.243 e. The standard InChI is InChI=1S/C26H24Cl2N4O4S2/c1-29-26-31-23(16-37-26)17-7-12-24(36-2)22(13-17)30-25(33)15-32(14-18-5-3-4-6-21(18)28)38(34,35)20-10-8-19(27)9-11-20/h3-13,16H,14-15H2,1-2H3,(H,29,31)(H,30,33). The number of nitrogens with zero attached hydrogens (tertiary/aromatic N) is 2. The first-order valence-corrected chi connectivity index (χ1v) is 14.4. The third kappa shape index (κ3) is 6.46. The zero-order chi connectivity index (χ0) is 27.3. The summed E-state index contributed by atoms with van der Waals surface area (Å²) in [6.07, 6.45) is 0. The molecule has 0 saturated heterocycles. The van der Waals surface area contributed by atoms with E-state index in [4.69, 9.17) is 27.9 Å². The molecule has 4 aromatic rings. The van der Waals surface area contributed by atoms with E-state index in [0.717, 1.165) is 20.7 Å². The molecular formula is C26H24Cl2N4O4S2. The Bertz CT molecular complexity index is 1540. The summed E-state index contributed by atoms with van der Waals surface area (Å²) in [5.41, 5.74) is 2.43. The van der Waals surface area contributed by atoms with E-state index >= 15 is 0 Å². The van der Waals surface area contributed by atoms with Crippen LogP contribution in [0.1, 0.15) is 5.56 Å². The van der Waals surface area contributed by atoms with E-state index in [0.29, 0.717) is 27.0 Å². The number of methoxy groups -OCH3 is 1. The second-order valence-electron chi connectivity index (χ2n) is 8.07. The summed E-state index contributed by atoms with van der Waals surface area (Å²) in [7, 11) is -0.805. The first kappa shape index (κ1) is 27.9. The van der Waals surface area contributed by atoms with E-state index < -0.39 is 22.5 Å². The molecule has 0 aliphatic carbocycles. The van der Waals surface area contributed by atoms with Gasteiger partial charge in [0.2, 0.25) is 15.9 Å². The molecule has 38 heavy (non-hydrogen) atoms. The van der Waals surface area contributed by atoms with Gasteiger partial charge in [0, 0.05) is 34.6 Å². The third-order valence-corrected chi connectivity index (χ3v) is 8.85. The van der Waals surface area contributed by atoms with Crippen molar-refractivity contribution in [1.82, 2.24) is 9.29 Å². The quantitative estimate of drug-likeness (QED) is 0.235. The van der Waals surface area contributed by atoms with Crippen LogP contribution in [0.15, 0.2) is 77.0 Å². The lowest BCUT2D eigenvalue weighted by Gasteiger charge is -2.23. The molecular weight excluding hydrogens is 567 g/mol. The first-order chi connectivity index (χ1) is 18.2. The number of carbonyl (C=O) groups is 1. The van der Waals surface area contributed by atoms with Gasteiger partial charge in [-0.2, -0.15) is 4.31 Å². The minimum absolute atomic E-state index is 0.00482. The number of nitrogens with one attached hydrogen (secondary N) is 2. The number of anilines is 2. The maximum Gasteiger partial charge on any atom is 0.243 e. The molecule has 3 aromatic carbocycles. The predicted octanol–water partition coefficient (Wildman–Crippen LogP) is 6.00. The topological polar surface area (TPSA) is 101 Å². The van der Waals surface area contributed by atoms with Crippen molar-refractivity contribution in [3.8, 4) is 17.0 Å². The number of aromatic nitrogens is 1. The third-order valence-electron chi connectivity index (χ3n) is 5.56. The number of ether oxygens (including phenoxy) is 1. The van der Waals surface area contributed by atoms with Crippen molar-refractivity contribution >= 4 is 61.3 Å². The Balaban J connectivity index is 1.63. The van der Waals surface area contributed by atoms with Crippen molar-refractivity contribution in [3.05, 3.63) is 87.7 Å². The van der Waals surface area contributed by atoms with E-state index in [9.17, 15) is 13.2 Å². The molecule has 0 saturated carbocycles. The number of carbonyl (C=O) groups excluding carboxylic acids is 1. The fourth-order valence-corrected chi connectivity index (χ4v) is 6.01. The van der Waals surface area contributed by atoms with Crippen LogP contribution in [0.5, 0.6) is 5.75 Å². The molecule has 0 aliphatic rings. The van der Waals surface area contributed by atoms with Gasteiger partial charge in [0.1, 0.15) is 5.75 Å². The lowest BCUT2D eigenvalue weighted by molar-refractivity contribution is -0.116. The van der Waals surface area contributed by atoms with Gasteiger partial charge >= 0.3 is 0 Å². The van der Waals surface area contributed by atoms with Gasteiger partial charge in [-0.1, -0.05) is 41.4 Å². The molecule has 4 rings (SSSR count). The average Bonchev–Trinajstić information content (AvgIpc) is 3.39. The molecule has 0 unspecified atom stereocenters. The Hall–Kier alpha value is -3.15. The van der Waals surface area contributed by atoms with Crippen LogP contribution in [0.3, 0.4) is 0 Å². The highest BCUT2D eigenvalue weighted by Gasteiger charge is 2.28. The molecule has 198 valence electrons. The Morgan fingerprint density at radius 2 is 1.82 bits per heavy atom. The van der Waals surface area contributed by atoms with Crippen LogP contribution in [0, 0.1) is 0 Å². The monoisotopic (exact) mass is 590 g/mol. The molecule has 0 fully saturated rings. The molecule has 0 spiro atoms. The maximum absolute atomic E-state index is 13.6. The van der Waals surface area contributed by atoms with Gasteiger partial charge in [-0.25, -0.2) is 13.4 Å². The van der Waals surface area contributed by atoms with Crippen LogP contribution >= 0.6 is 34.5 Å². The number of hydrogen-bond donors (Lipinski definition) is 2. The molecule has 0 bridgehead atoms. The first-order valence-electron chi connectivity index (χ1n) is 11.3. The number of hydrogen-bond acceptors (Lipinski definition) is 7. The van der Waals surface area contributed by atoms with Gasteiger partial charge in [0.15, 0.2) is 5.13 Å². The Labute approximate surface area is 235 Å². The van der Waals surface area contributed by atoms with Crippen molar-refractivity contribution in [2.75, 3.05) is 31.3 Å². The molecule has 1 amide bonds. The van der Waals surface area contributed by atoms with Gasteiger partial charge in [-0.15, -0.1) is 11.3 Å². The molecule has 0 radical (unpaired) electrons. The van der Waals surface area contributed by atoms with Crippen LogP contribution in [0.4, 0.5) is 10.8 Å². The molecule has 8 nitrogen and oxygen atoms in total. The molecule has 1 aromatic heterocycles. The van der Waals surface area contributed by atoms with E-state index in [1.165, 1.54) is 42.7 Å². The summed E-state index contributed by atoms with van der Waals surface area (Å²) in [5, 5.41) is 9.22. The van der Waals surface area contributed by atoms with E-state index in [1.807, 2.05) is 11.4 Å². The largest absolute Gasteiger partial charge is 0.495 e. The van der Waals surface area contributed by atoms with Crippen LogP contribution in [0.25, 0.3) is 11.3 Å². The van der Waals surface area contributed by atoms with Crippen molar-refractivity contribution in [1.29, 1.82) is 0 Å². The van der Waals surface area contributed by atoms with Crippen molar-refractivity contribution < 1.29 is 17.9 Å². The number of amides is 1. The number of sulfonamides is 1. The van der Waals surface area contributed by atoms with Gasteiger partial charge in [-0.05, 0) is 54.1 Å². The lowest BCUT2D eigenvalue weighted by Crippen LogP contribution is -2.37. The Morgan fingerprint density at radius 1 is 1.08 bits per heavy atom. The summed E-state index contributed by atoms with van der Waals surface area (Å²) >= 11 is 13.7. The lowest BCUT2D eigenvalue weighted by atomic mass is 10.1. The molecule has 1 heterocycles. The number of benzene rings is 3. The summed E-state index contributed by atoms with van der Waals surface area (Å²) in [6.45, 7) is -0.578. The van der Waals surface area contributed by atoms with Crippen molar-refractivity contribution in [2.45, 2.75) is 11.4 Å². The zero-order valence-corrected chi connectivity index (χ0v) is 23.6. The molecule has 0 aliphatic heterocycles. The molecule has 12 heteroatoms. The van der Waals surface area contributed by atoms with Crippen molar-refractivity contribution in [2.24, 2.45) is 0 Å². The zero-order valence-electron chi connectivity index (χ0n) is 20.4. The molecule has 2 N–H and O–H groups in total. The highest BCUT2D eigenvalue weighted by molar-refractivity contribution is 7.89. The van der Waals surface area contributed by atoms with Crippen LogP contribution < -0.4 is 15.4 Å². The predicted molar refractivity (Wildman–Crippen MR) is 153 cm³/mol. The summed E-state index contributed by atoms with van der Waals surface area (Å²) in [5.74, 6) is -0.136. The van der Waals surface area contributed by atoms with Crippen LogP contribution in [-0.2, 0) is 21.4 Å². The maximum atomic E-state index is 13.6. The van der Waals surface area contributed by atoms with Gasteiger partial charge in [0.05, 0.1) is 29.9 Å². The Morgan fingerprint density at radius 3 is 2.47 bits per heavy atom. The SMILES string of the molecule is CNc1nc(-c2ccc(OC)c(NC(=O)CN(Cc3ccccc3Cl)S(=O)(=O)c3ccc(Cl)cc3)c2)cs1. The summed E-state index contributed by atoms with van der Waals surface area (Å²) in [4.78, 5) is 17.7. The minimum Gasteiger partial charge on any atom is -0.495 e. The summed E-state index contributed by atoms with van der Waals surface area (Å²) < 4.78 is 33.6. The fraction of sp³-hybridized carbons (Fsp3) is 0.154. The van der Waals surface area contributed by atoms with Gasteiger partial charge in [0.25, 0.3) is 0 Å². The van der Waals surface area contributed by atoms with Gasteiger partial charge < -0.3 is 15.4 Å². The van der Waals surface area contributed by atoms with E-state index in [2.05, 4.69) is 15.6 Å². The van der Waals surface area contributed by atoms with E-state index in [1.54, 1.807) is 43.4 Å². The van der Waals surface area contributed by atoms with Gasteiger partial charge in [-0.3, -0.25) is 4.79 Å². The number of thiazole rings is 1. The van der Waals surface area contributed by atoms with Crippen LogP contribution in [0.2, 0.25) is 10.0 Å². The normalized spacial score (nSPS) is 11.4. The highest BCUT2D eigenvalue weighted by atomic mass is 35.5. The minimum atomic E-state index is -4.08. The summed E-state index contributed by atoms with van der Waals surface area (Å²) in [6, 6.07) is 17.9. The fourth-order valence-electron chi connectivity index (χ4n) is 3.63. The highest BCUT2D eigenvalue weighted by Crippen LogP contribution is 2.32. The molecule has 0 atom stereocenters.